The second-order valence-electron chi connectivity index (χ2n) is 27.0. The summed E-state index contributed by atoms with van der Waals surface area (Å²) in [5, 5.41) is 89.0. The second-order valence-corrected chi connectivity index (χ2v) is 27.0. The molecule has 1 aliphatic carbocycles. The standard InChI is InChI=1S/C35H38N2O3.2C21H21N3O4.Co/c1-8-13-39-33(38)23-12-10-9-11-22(23)32-26-14-24-20(2)18-34(4,5)36-28(24)16-30(26)40-31-17-29-25(15-27(31)32)21(3)19-35(6,7)37-29;2*1-4-21(2,3)14-11-16(20(26)17(12-14)24(27)28)22-23-19-15-8-6-5-7-13(15)9-10-18(19)25;/h9-12,14-19,26,30,36H,8,13H2,1-7H3;2*5-12,25-26H,4H2,1-3H3;/p+1. The van der Waals surface area contributed by atoms with Crippen LogP contribution in [0.5, 0.6) is 28.7 Å². The number of allylic oxidation sites excluding steroid dienone is 2. The van der Waals surface area contributed by atoms with Crippen molar-refractivity contribution in [2.45, 2.75) is 137 Å². The van der Waals surface area contributed by atoms with Crippen LogP contribution in [0.15, 0.2) is 195 Å². The molecule has 19 nitrogen and oxygen atoms in total. The molecule has 20 heteroatoms. The molecule has 0 fully saturated rings. The predicted octanol–water partition coefficient (Wildman–Crippen LogP) is 16.4. The number of carbonyl (C=O) groups is 1. The first-order chi connectivity index (χ1) is 45.4. The zero-order valence-electron chi connectivity index (χ0n) is 56.7. The average Bonchev–Trinajstić information content (AvgIpc) is 0.726. The maximum Gasteiger partial charge on any atom is 0.338 e. The number of nitrogens with one attached hydrogen (secondary N) is 2. The predicted molar refractivity (Wildman–Crippen MR) is 374 cm³/mol. The summed E-state index contributed by atoms with van der Waals surface area (Å²) in [7, 11) is 0. The van der Waals surface area contributed by atoms with Crippen molar-refractivity contribution in [1.82, 2.24) is 5.32 Å². The number of carbonyl (C=O) groups excluding carboxylic acids is 1. The first-order valence-electron chi connectivity index (χ1n) is 32.1. The molecule has 6 N–H and O–H groups in total. The van der Waals surface area contributed by atoms with Crippen LogP contribution in [0, 0.1) is 26.1 Å². The van der Waals surface area contributed by atoms with Crippen molar-refractivity contribution in [1.29, 1.82) is 0 Å². The molecule has 0 saturated carbocycles. The number of nitro benzene ring substituents is 2. The fourth-order valence-corrected chi connectivity index (χ4v) is 12.4. The van der Waals surface area contributed by atoms with E-state index in [1.165, 1.54) is 41.0 Å². The Kier molecular flexibility index (Phi) is 20.6. The number of fused-ring (bicyclic) bond motifs is 6. The molecule has 1 radical (unpaired) electrons. The number of esters is 1. The molecule has 8 aromatic carbocycles. The Bertz CT molecular complexity index is 4640. The topological polar surface area (TPSA) is 278 Å². The van der Waals surface area contributed by atoms with Gasteiger partial charge in [0.1, 0.15) is 46.1 Å². The van der Waals surface area contributed by atoms with Gasteiger partial charge in [0.15, 0.2) is 5.54 Å². The van der Waals surface area contributed by atoms with E-state index >= 15 is 0 Å². The quantitative estimate of drug-likeness (QED) is 0.0257. The van der Waals surface area contributed by atoms with E-state index in [1.54, 1.807) is 36.4 Å². The summed E-state index contributed by atoms with van der Waals surface area (Å²) in [5.41, 5.74) is 8.45. The first kappa shape index (κ1) is 71.0. The summed E-state index contributed by atoms with van der Waals surface area (Å²) in [4.78, 5) is 38.5. The Hall–Kier alpha value is -10.3. The maximum atomic E-state index is 13.3. The summed E-state index contributed by atoms with van der Waals surface area (Å²) in [6, 6.07) is 39.4. The van der Waals surface area contributed by atoms with E-state index in [2.05, 4.69) is 115 Å². The largest absolute Gasteiger partial charge is 0.506 e. The van der Waals surface area contributed by atoms with Gasteiger partial charge in [0.2, 0.25) is 16.9 Å². The number of aromatic hydroxyl groups is 4. The summed E-state index contributed by atoms with van der Waals surface area (Å²) < 4.78 is 12.4. The van der Waals surface area contributed by atoms with Gasteiger partial charge >= 0.3 is 17.3 Å². The maximum absolute atomic E-state index is 13.3. The minimum Gasteiger partial charge on any atom is -0.506 e. The third-order valence-electron chi connectivity index (χ3n) is 18.3. The molecule has 0 spiro atoms. The van der Waals surface area contributed by atoms with Gasteiger partial charge in [-0.2, -0.15) is 0 Å². The molecule has 8 aromatic rings. The van der Waals surface area contributed by atoms with Gasteiger partial charge in [-0.1, -0.05) is 139 Å². The minimum absolute atomic E-state index is 0. The molecular weight excluding hydrogens is 1270 g/mol. The Morgan fingerprint density at radius 2 is 1.16 bits per heavy atom. The van der Waals surface area contributed by atoms with Crippen LogP contribution in [0.3, 0.4) is 0 Å². The molecule has 0 bridgehead atoms. The van der Waals surface area contributed by atoms with Gasteiger partial charge in [-0.25, -0.2) is 9.79 Å². The number of ether oxygens (including phenoxy) is 2. The van der Waals surface area contributed by atoms with Crippen LogP contribution in [-0.4, -0.2) is 60.0 Å². The molecular formula is C77H81CoN8O11+. The summed E-state index contributed by atoms with van der Waals surface area (Å²) >= 11 is 0. The Labute approximate surface area is 573 Å². The minimum atomic E-state index is -0.640. The first-order valence-corrected chi connectivity index (χ1v) is 32.1. The number of nitrogens with zero attached hydrogens (tertiary/aromatic N) is 6. The van der Waals surface area contributed by atoms with Crippen molar-refractivity contribution in [3.8, 4) is 28.7 Å². The van der Waals surface area contributed by atoms with Crippen LogP contribution in [0.2, 0.25) is 0 Å². The van der Waals surface area contributed by atoms with Gasteiger partial charge in [-0.15, -0.1) is 20.5 Å². The number of hydrogen-bond acceptors (Lipinski definition) is 16. The molecule has 0 aromatic heterocycles. The van der Waals surface area contributed by atoms with Gasteiger partial charge in [0.05, 0.1) is 33.6 Å². The fourth-order valence-electron chi connectivity index (χ4n) is 12.4. The average molecular weight is 1350 g/mol. The van der Waals surface area contributed by atoms with E-state index < -0.39 is 32.7 Å². The van der Waals surface area contributed by atoms with Crippen LogP contribution in [0.1, 0.15) is 142 Å². The molecule has 503 valence electrons. The summed E-state index contributed by atoms with van der Waals surface area (Å²) in [5.74, 6) is -0.783. The SMILES string of the molecule is CCC(C)(C)c1cc(N=Nc2c(O)ccc3ccccc23)c(O)c([N+](=O)[O-])c1.CCC(C)(C)c1cc(N=Nc2c(O)ccc3ccccc23)c(O)c([N+](=O)[O-])c1.CCCOC(=O)c1ccccc1C1=c2cc3c(cc2OC2C=C4NC(C)(C)C=C(C)C4=CC12)=[NH+]C(C)(C)C=C3C.[Co]. The number of nitro groups is 2. The molecule has 97 heavy (non-hydrogen) atoms. The van der Waals surface area contributed by atoms with Crippen LogP contribution < -0.4 is 25.6 Å². The van der Waals surface area contributed by atoms with Crippen LogP contribution in [0.25, 0.3) is 32.7 Å². The van der Waals surface area contributed by atoms with Crippen LogP contribution in [-0.2, 0) is 32.3 Å². The Balaban J connectivity index is 0.000000174. The number of phenolic OH excluding ortho intramolecular Hbond substituents is 4. The third-order valence-corrected chi connectivity index (χ3v) is 18.3. The number of phenols is 4. The molecule has 3 heterocycles. The number of azo groups is 2. The van der Waals surface area contributed by atoms with Crippen molar-refractivity contribution < 1.29 is 66.3 Å². The second kappa shape index (κ2) is 28.2. The summed E-state index contributed by atoms with van der Waals surface area (Å²) in [6.45, 7) is 27.3. The van der Waals surface area contributed by atoms with Crippen molar-refractivity contribution >= 4 is 72.8 Å². The molecule has 3 aliphatic heterocycles. The van der Waals surface area contributed by atoms with E-state index in [9.17, 15) is 45.4 Å². The normalized spacial score (nSPS) is 16.5. The van der Waals surface area contributed by atoms with E-state index in [1.807, 2.05) is 103 Å². The molecule has 0 amide bonds. The number of rotatable bonds is 14. The van der Waals surface area contributed by atoms with E-state index in [-0.39, 0.29) is 90.9 Å². The van der Waals surface area contributed by atoms with Gasteiger partial charge in [0, 0.05) is 75.9 Å². The van der Waals surface area contributed by atoms with Gasteiger partial charge in [0.25, 0.3) is 0 Å². The van der Waals surface area contributed by atoms with Crippen LogP contribution >= 0.6 is 0 Å². The smallest absolute Gasteiger partial charge is 0.338 e. The molecule has 12 rings (SSSR count). The number of benzene rings is 8. The zero-order valence-corrected chi connectivity index (χ0v) is 57.7. The van der Waals surface area contributed by atoms with Crippen molar-refractivity contribution in [2.75, 3.05) is 6.61 Å². The molecule has 4 aliphatic rings. The van der Waals surface area contributed by atoms with Crippen molar-refractivity contribution in [2.24, 2.45) is 26.4 Å². The third kappa shape index (κ3) is 14.9. The van der Waals surface area contributed by atoms with Gasteiger partial charge in [-0.3, -0.25) is 20.2 Å². The van der Waals surface area contributed by atoms with E-state index in [0.29, 0.717) is 34.1 Å². The molecule has 0 saturated heterocycles. The number of hydrogen-bond donors (Lipinski definition) is 6. The monoisotopic (exact) mass is 1350 g/mol. The van der Waals surface area contributed by atoms with Gasteiger partial charge in [-0.05, 0) is 156 Å². The Morgan fingerprint density at radius 1 is 0.649 bits per heavy atom. The van der Waals surface area contributed by atoms with E-state index in [4.69, 9.17) is 9.47 Å². The van der Waals surface area contributed by atoms with Crippen molar-refractivity contribution in [3.05, 3.63) is 233 Å². The van der Waals surface area contributed by atoms with Gasteiger partial charge < -0.3 is 35.2 Å². The van der Waals surface area contributed by atoms with Crippen molar-refractivity contribution in [3.63, 3.8) is 0 Å². The zero-order chi connectivity index (χ0) is 69.3. The summed E-state index contributed by atoms with van der Waals surface area (Å²) in [6.07, 6.45) is 11.1. The molecule has 2 unspecified atom stereocenters. The van der Waals surface area contributed by atoms with E-state index in [0.717, 1.165) is 68.8 Å². The fraction of sp³-hybridized carbons (Fsp3) is 0.299. The Morgan fingerprint density at radius 3 is 1.68 bits per heavy atom. The van der Waals surface area contributed by atoms with Crippen LogP contribution in [0.4, 0.5) is 34.1 Å². The molecule has 2 atom stereocenters.